The third kappa shape index (κ3) is 3.23. The highest BCUT2D eigenvalue weighted by molar-refractivity contribution is 9.10. The summed E-state index contributed by atoms with van der Waals surface area (Å²) < 4.78 is 0.960. The second kappa shape index (κ2) is 6.29. The van der Waals surface area contributed by atoms with Gasteiger partial charge in [0, 0.05) is 21.2 Å². The van der Waals surface area contributed by atoms with E-state index in [0.717, 1.165) is 26.1 Å². The standard InChI is InChI=1S/C17H16BrN3OS/c1-9(2)13-8-7-12-14(19)15(23-17(12)21-13)16(22)20-11-5-3-10(18)4-6-11/h3-9H,19H2,1-2H3,(H,20,22). The van der Waals surface area contributed by atoms with Crippen LogP contribution in [-0.2, 0) is 0 Å². The minimum Gasteiger partial charge on any atom is -0.397 e. The van der Waals surface area contributed by atoms with E-state index < -0.39 is 0 Å². The third-order valence-electron chi connectivity index (χ3n) is 3.52. The molecule has 23 heavy (non-hydrogen) atoms. The number of thiophene rings is 1. The fourth-order valence-electron chi connectivity index (χ4n) is 2.22. The fourth-order valence-corrected chi connectivity index (χ4v) is 3.48. The predicted molar refractivity (Wildman–Crippen MR) is 100 cm³/mol. The molecule has 0 spiro atoms. The molecule has 1 amide bonds. The van der Waals surface area contributed by atoms with Crippen molar-refractivity contribution >= 4 is 54.8 Å². The molecule has 2 aromatic heterocycles. The van der Waals surface area contributed by atoms with E-state index in [4.69, 9.17) is 5.73 Å². The van der Waals surface area contributed by atoms with Crippen molar-refractivity contribution < 1.29 is 4.79 Å². The Balaban J connectivity index is 1.93. The fraction of sp³-hybridized carbons (Fsp3) is 0.176. The topological polar surface area (TPSA) is 68.0 Å². The third-order valence-corrected chi connectivity index (χ3v) is 5.16. The Morgan fingerprint density at radius 3 is 2.57 bits per heavy atom. The zero-order valence-corrected chi connectivity index (χ0v) is 15.2. The van der Waals surface area contributed by atoms with E-state index in [1.807, 2.05) is 36.4 Å². The number of hydrogen-bond donors (Lipinski definition) is 2. The second-order valence-electron chi connectivity index (χ2n) is 5.55. The van der Waals surface area contributed by atoms with Gasteiger partial charge in [-0.3, -0.25) is 4.79 Å². The van der Waals surface area contributed by atoms with E-state index in [1.54, 1.807) is 0 Å². The molecule has 0 aliphatic carbocycles. The first kappa shape index (κ1) is 16.0. The van der Waals surface area contributed by atoms with Crippen LogP contribution in [0.2, 0.25) is 0 Å². The lowest BCUT2D eigenvalue weighted by Gasteiger charge is -2.04. The van der Waals surface area contributed by atoms with Crippen molar-refractivity contribution in [3.63, 3.8) is 0 Å². The van der Waals surface area contributed by atoms with E-state index in [9.17, 15) is 4.79 Å². The van der Waals surface area contributed by atoms with E-state index >= 15 is 0 Å². The monoisotopic (exact) mass is 389 g/mol. The highest BCUT2D eigenvalue weighted by atomic mass is 79.9. The summed E-state index contributed by atoms with van der Waals surface area (Å²) in [7, 11) is 0. The van der Waals surface area contributed by atoms with Crippen LogP contribution in [0.25, 0.3) is 10.2 Å². The summed E-state index contributed by atoms with van der Waals surface area (Å²) in [6, 6.07) is 11.3. The molecule has 0 fully saturated rings. The number of rotatable bonds is 3. The molecule has 1 aromatic carbocycles. The van der Waals surface area contributed by atoms with Crippen molar-refractivity contribution in [1.82, 2.24) is 4.98 Å². The van der Waals surface area contributed by atoms with Crippen LogP contribution in [0.1, 0.15) is 35.1 Å². The lowest BCUT2D eigenvalue weighted by Crippen LogP contribution is -2.11. The number of fused-ring (bicyclic) bond motifs is 1. The Labute approximate surface area is 146 Å². The molecule has 6 heteroatoms. The number of nitrogens with zero attached hydrogens (tertiary/aromatic N) is 1. The number of anilines is 2. The number of aromatic nitrogens is 1. The highest BCUT2D eigenvalue weighted by Gasteiger charge is 2.18. The molecule has 4 nitrogen and oxygen atoms in total. The number of benzene rings is 1. The molecule has 0 aliphatic rings. The summed E-state index contributed by atoms with van der Waals surface area (Å²) in [5, 5.41) is 3.70. The Kier molecular flexibility index (Phi) is 4.37. The van der Waals surface area contributed by atoms with Gasteiger partial charge in [0.1, 0.15) is 9.71 Å². The van der Waals surface area contributed by atoms with Crippen molar-refractivity contribution in [1.29, 1.82) is 0 Å². The Bertz CT molecular complexity index is 871. The van der Waals surface area contributed by atoms with E-state index in [-0.39, 0.29) is 5.91 Å². The molecule has 3 N–H and O–H groups in total. The first-order valence-electron chi connectivity index (χ1n) is 7.21. The molecule has 3 rings (SSSR count). The maximum absolute atomic E-state index is 12.5. The van der Waals surface area contributed by atoms with Gasteiger partial charge in [0.15, 0.2) is 0 Å². The van der Waals surface area contributed by atoms with Crippen LogP contribution in [0.3, 0.4) is 0 Å². The van der Waals surface area contributed by atoms with Crippen LogP contribution < -0.4 is 11.1 Å². The van der Waals surface area contributed by atoms with Crippen LogP contribution in [0, 0.1) is 0 Å². The number of nitrogens with two attached hydrogens (primary N) is 1. The smallest absolute Gasteiger partial charge is 0.267 e. The molecule has 0 unspecified atom stereocenters. The largest absolute Gasteiger partial charge is 0.397 e. The van der Waals surface area contributed by atoms with Gasteiger partial charge in [-0.2, -0.15) is 0 Å². The number of hydrogen-bond acceptors (Lipinski definition) is 4. The van der Waals surface area contributed by atoms with Crippen LogP contribution in [0.5, 0.6) is 0 Å². The van der Waals surface area contributed by atoms with Gasteiger partial charge < -0.3 is 11.1 Å². The molecular formula is C17H16BrN3OS. The number of amides is 1. The molecule has 2 heterocycles. The Morgan fingerprint density at radius 1 is 1.22 bits per heavy atom. The summed E-state index contributed by atoms with van der Waals surface area (Å²) in [4.78, 5) is 18.4. The van der Waals surface area contributed by atoms with E-state index in [1.165, 1.54) is 11.3 Å². The van der Waals surface area contributed by atoms with Gasteiger partial charge in [-0.05, 0) is 42.3 Å². The van der Waals surface area contributed by atoms with Gasteiger partial charge in [0.25, 0.3) is 5.91 Å². The van der Waals surface area contributed by atoms with Crippen molar-refractivity contribution in [3.8, 4) is 0 Å². The number of pyridine rings is 1. The first-order chi connectivity index (χ1) is 11.0. The summed E-state index contributed by atoms with van der Waals surface area (Å²) in [5.41, 5.74) is 8.36. The minimum atomic E-state index is -0.209. The van der Waals surface area contributed by atoms with E-state index in [0.29, 0.717) is 16.5 Å². The first-order valence-corrected chi connectivity index (χ1v) is 8.82. The highest BCUT2D eigenvalue weighted by Crippen LogP contribution is 2.34. The summed E-state index contributed by atoms with van der Waals surface area (Å²) in [6.45, 7) is 4.18. The quantitative estimate of drug-likeness (QED) is 0.660. The van der Waals surface area contributed by atoms with Gasteiger partial charge >= 0.3 is 0 Å². The molecule has 0 aliphatic heterocycles. The van der Waals surface area contributed by atoms with Gasteiger partial charge in [0.2, 0.25) is 0 Å². The number of carbonyl (C=O) groups is 1. The van der Waals surface area contributed by atoms with Crippen molar-refractivity contribution in [2.45, 2.75) is 19.8 Å². The number of nitrogens with one attached hydrogen (secondary N) is 1. The summed E-state index contributed by atoms with van der Waals surface area (Å²) in [5.74, 6) is 0.127. The molecule has 0 saturated carbocycles. The van der Waals surface area contributed by atoms with Gasteiger partial charge in [-0.1, -0.05) is 29.8 Å². The predicted octanol–water partition coefficient (Wildman–Crippen LogP) is 5.02. The number of nitrogen functional groups attached to an aromatic ring is 1. The molecule has 3 aromatic rings. The lowest BCUT2D eigenvalue weighted by molar-refractivity contribution is 0.103. The summed E-state index contributed by atoms with van der Waals surface area (Å²) >= 11 is 4.70. The molecule has 118 valence electrons. The zero-order valence-electron chi connectivity index (χ0n) is 12.8. The molecule has 0 atom stereocenters. The number of carbonyl (C=O) groups excluding carboxylic acids is 1. The minimum absolute atomic E-state index is 0.209. The SMILES string of the molecule is CC(C)c1ccc2c(N)c(C(=O)Nc3ccc(Br)cc3)sc2n1. The van der Waals surface area contributed by atoms with Crippen molar-refractivity contribution in [2.75, 3.05) is 11.1 Å². The zero-order chi connectivity index (χ0) is 16.6. The lowest BCUT2D eigenvalue weighted by atomic mass is 10.1. The maximum atomic E-state index is 12.5. The van der Waals surface area contributed by atoms with Gasteiger partial charge in [0.05, 0.1) is 5.69 Å². The molecule has 0 saturated heterocycles. The molecule has 0 radical (unpaired) electrons. The maximum Gasteiger partial charge on any atom is 0.267 e. The average Bonchev–Trinajstić information content (AvgIpc) is 2.86. The van der Waals surface area contributed by atoms with Crippen molar-refractivity contribution in [3.05, 3.63) is 51.4 Å². The van der Waals surface area contributed by atoms with Crippen molar-refractivity contribution in [2.24, 2.45) is 0 Å². The Hall–Kier alpha value is -1.92. The number of halogens is 1. The Morgan fingerprint density at radius 2 is 1.91 bits per heavy atom. The normalized spacial score (nSPS) is 11.1. The van der Waals surface area contributed by atoms with Crippen LogP contribution in [-0.4, -0.2) is 10.9 Å². The van der Waals surface area contributed by atoms with Crippen LogP contribution in [0.15, 0.2) is 40.9 Å². The average molecular weight is 390 g/mol. The van der Waals surface area contributed by atoms with E-state index in [2.05, 4.69) is 40.1 Å². The van der Waals surface area contributed by atoms with Crippen LogP contribution in [0.4, 0.5) is 11.4 Å². The van der Waals surface area contributed by atoms with Gasteiger partial charge in [-0.25, -0.2) is 4.98 Å². The molecule has 0 bridgehead atoms. The summed E-state index contributed by atoms with van der Waals surface area (Å²) in [6.07, 6.45) is 0. The molecular weight excluding hydrogens is 374 g/mol. The van der Waals surface area contributed by atoms with Gasteiger partial charge in [-0.15, -0.1) is 11.3 Å². The van der Waals surface area contributed by atoms with Crippen LogP contribution >= 0.6 is 27.3 Å². The second-order valence-corrected chi connectivity index (χ2v) is 7.46.